The molecule has 0 bridgehead atoms. The van der Waals surface area contributed by atoms with Gasteiger partial charge in [0.25, 0.3) is 0 Å². The monoisotopic (exact) mass is 577 g/mol. The zero-order valence-electron chi connectivity index (χ0n) is 21.9. The van der Waals surface area contributed by atoms with Gasteiger partial charge >= 0.3 is 6.18 Å². The van der Waals surface area contributed by atoms with Crippen LogP contribution in [0.4, 0.5) is 13.2 Å². The van der Waals surface area contributed by atoms with Crippen LogP contribution in [0, 0.1) is 5.41 Å². The molecule has 4 unspecified atom stereocenters. The van der Waals surface area contributed by atoms with Gasteiger partial charge in [-0.05, 0) is 64.9 Å². The van der Waals surface area contributed by atoms with Crippen LogP contribution >= 0.6 is 23.2 Å². The third-order valence-electron chi connectivity index (χ3n) is 7.20. The summed E-state index contributed by atoms with van der Waals surface area (Å²) >= 11 is 12.6. The molecule has 1 amide bonds. The highest BCUT2D eigenvalue weighted by atomic mass is 35.5. The first-order valence-corrected chi connectivity index (χ1v) is 13.4. The Bertz CT molecular complexity index is 1310. The molecule has 1 aliphatic rings. The van der Waals surface area contributed by atoms with Gasteiger partial charge in [0, 0.05) is 28.5 Å². The van der Waals surface area contributed by atoms with Crippen molar-refractivity contribution in [3.8, 4) is 0 Å². The maximum Gasteiger partial charge on any atom is 0.416 e. The second-order valence-electron chi connectivity index (χ2n) is 11.3. The average Bonchev–Trinajstić information content (AvgIpc) is 3.14. The van der Waals surface area contributed by atoms with Crippen molar-refractivity contribution in [1.29, 1.82) is 0 Å². The van der Waals surface area contributed by atoms with E-state index in [0.29, 0.717) is 22.0 Å². The lowest BCUT2D eigenvalue weighted by molar-refractivity contribution is -0.137. The molecule has 39 heavy (non-hydrogen) atoms. The highest BCUT2D eigenvalue weighted by Gasteiger charge is 2.56. The van der Waals surface area contributed by atoms with Gasteiger partial charge in [-0.3, -0.25) is 4.79 Å². The Balaban J connectivity index is 1.71. The van der Waals surface area contributed by atoms with Crippen LogP contribution in [-0.2, 0) is 23.1 Å². The highest BCUT2D eigenvalue weighted by Crippen LogP contribution is 2.48. The normalized spacial score (nSPS) is 23.6. The molecule has 0 radical (unpaired) electrons. The fourth-order valence-electron chi connectivity index (χ4n) is 5.41. The number of halogens is 5. The Labute approximate surface area is 237 Å². The van der Waals surface area contributed by atoms with Crippen molar-refractivity contribution in [2.75, 3.05) is 0 Å². The van der Waals surface area contributed by atoms with Gasteiger partial charge in [-0.15, -0.1) is 0 Å². The van der Waals surface area contributed by atoms with Crippen LogP contribution in [0.5, 0.6) is 0 Å². The Morgan fingerprint density at radius 1 is 0.974 bits per heavy atom. The molecule has 1 aliphatic heterocycles. The van der Waals surface area contributed by atoms with E-state index in [9.17, 15) is 18.0 Å². The van der Waals surface area contributed by atoms with E-state index in [2.05, 4.69) is 31.4 Å². The quantitative estimate of drug-likeness (QED) is 0.294. The van der Waals surface area contributed by atoms with E-state index in [1.165, 1.54) is 12.1 Å². The number of carbonyl (C=O) groups excluding carboxylic acids is 1. The van der Waals surface area contributed by atoms with Gasteiger partial charge in [0.1, 0.15) is 0 Å². The van der Waals surface area contributed by atoms with Gasteiger partial charge in [0.15, 0.2) is 0 Å². The van der Waals surface area contributed by atoms with Crippen LogP contribution in [0.15, 0.2) is 72.8 Å². The Morgan fingerprint density at radius 3 is 2.18 bits per heavy atom. The molecular weight excluding hydrogens is 546 g/mol. The predicted octanol–water partition coefficient (Wildman–Crippen LogP) is 7.04. The van der Waals surface area contributed by atoms with Crippen molar-refractivity contribution in [2.45, 2.75) is 63.5 Å². The molecule has 4 nitrogen and oxygen atoms in total. The number of carbonyl (C=O) groups is 1. The van der Waals surface area contributed by atoms with E-state index in [-0.39, 0.29) is 23.9 Å². The van der Waals surface area contributed by atoms with Gasteiger partial charge in [-0.25, -0.2) is 0 Å². The van der Waals surface area contributed by atoms with Crippen molar-refractivity contribution in [3.63, 3.8) is 0 Å². The number of hydrogen-bond acceptors (Lipinski definition) is 3. The van der Waals surface area contributed by atoms with E-state index in [4.69, 9.17) is 28.9 Å². The molecule has 0 saturated carbocycles. The summed E-state index contributed by atoms with van der Waals surface area (Å²) in [4.78, 5) is 13.7. The van der Waals surface area contributed by atoms with Crippen molar-refractivity contribution >= 4 is 29.1 Å². The summed E-state index contributed by atoms with van der Waals surface area (Å²) in [6.07, 6.45) is -3.75. The van der Waals surface area contributed by atoms with Crippen LogP contribution in [0.25, 0.3) is 0 Å². The van der Waals surface area contributed by atoms with Gasteiger partial charge in [0.05, 0.1) is 17.1 Å². The maximum atomic E-state index is 13.7. The summed E-state index contributed by atoms with van der Waals surface area (Å²) in [5.41, 5.74) is 7.70. The second kappa shape index (κ2) is 11.1. The Kier molecular flexibility index (Phi) is 8.39. The van der Waals surface area contributed by atoms with Crippen molar-refractivity contribution in [2.24, 2.45) is 11.1 Å². The highest BCUT2D eigenvalue weighted by molar-refractivity contribution is 6.30. The number of alkyl halides is 3. The molecule has 4 atom stereocenters. The zero-order chi connectivity index (χ0) is 28.6. The van der Waals surface area contributed by atoms with Gasteiger partial charge in [-0.2, -0.15) is 13.2 Å². The van der Waals surface area contributed by atoms with Crippen LogP contribution in [0.2, 0.25) is 10.0 Å². The lowest BCUT2D eigenvalue weighted by Crippen LogP contribution is -2.51. The minimum absolute atomic E-state index is 0.0693. The third-order valence-corrected chi connectivity index (χ3v) is 7.69. The van der Waals surface area contributed by atoms with E-state index < -0.39 is 29.2 Å². The first kappa shape index (κ1) is 29.4. The molecule has 1 heterocycles. The lowest BCUT2D eigenvalue weighted by Gasteiger charge is -2.39. The molecule has 0 spiro atoms. The summed E-state index contributed by atoms with van der Waals surface area (Å²) < 4.78 is 38.9. The molecule has 0 aliphatic carbocycles. The average molecular weight is 579 g/mol. The van der Waals surface area contributed by atoms with Crippen molar-refractivity contribution in [1.82, 2.24) is 10.6 Å². The first-order chi connectivity index (χ1) is 18.2. The smallest absolute Gasteiger partial charge is 0.351 e. The third kappa shape index (κ3) is 6.60. The topological polar surface area (TPSA) is 67.2 Å². The van der Waals surface area contributed by atoms with Gasteiger partial charge in [-0.1, -0.05) is 80.4 Å². The molecule has 3 aromatic carbocycles. The number of amides is 1. The zero-order valence-corrected chi connectivity index (χ0v) is 23.5. The number of nitrogens with one attached hydrogen (secondary N) is 2. The predicted molar refractivity (Wildman–Crippen MR) is 150 cm³/mol. The summed E-state index contributed by atoms with van der Waals surface area (Å²) in [6.45, 7) is 6.41. The lowest BCUT2D eigenvalue weighted by atomic mass is 9.68. The van der Waals surface area contributed by atoms with Crippen LogP contribution in [-0.4, -0.2) is 18.0 Å². The van der Waals surface area contributed by atoms with Crippen molar-refractivity contribution < 1.29 is 18.0 Å². The molecule has 1 fully saturated rings. The molecular formula is C30H32Cl2F3N3O. The fraction of sp³-hybridized carbons (Fsp3) is 0.367. The first-order valence-electron chi connectivity index (χ1n) is 12.7. The molecule has 0 aromatic heterocycles. The van der Waals surface area contributed by atoms with Gasteiger partial charge in [0.2, 0.25) is 5.91 Å². The minimum Gasteiger partial charge on any atom is -0.351 e. The molecule has 4 rings (SSSR count). The summed E-state index contributed by atoms with van der Waals surface area (Å²) in [7, 11) is 0. The second-order valence-corrected chi connectivity index (χ2v) is 12.2. The van der Waals surface area contributed by atoms with E-state index in [1.54, 1.807) is 18.2 Å². The van der Waals surface area contributed by atoms with Gasteiger partial charge < -0.3 is 16.4 Å². The summed E-state index contributed by atoms with van der Waals surface area (Å²) in [6, 6.07) is 18.4. The SMILES string of the molecule is CC(C)(C)CC1NC(C(=O)NCc2ccc(C(F)(F)F)cc2)C(c2cccc(Cl)c2)C1(N)c1ccc(Cl)cc1. The Hall–Kier alpha value is -2.58. The number of benzene rings is 3. The van der Waals surface area contributed by atoms with Crippen molar-refractivity contribution in [3.05, 3.63) is 105 Å². The molecule has 4 N–H and O–H groups in total. The standard InChI is InChI=1S/C30H32Cl2F3N3O/c1-28(2,3)16-24-29(36,20-11-13-22(31)14-12-20)25(19-5-4-6-23(32)15-19)26(38-24)27(39)37-17-18-7-9-21(10-8-18)30(33,34)35/h4-15,24-26,38H,16-17,36H2,1-3H3,(H,37,39). The van der Waals surface area contributed by atoms with E-state index in [0.717, 1.165) is 23.3 Å². The summed E-state index contributed by atoms with van der Waals surface area (Å²) in [5.74, 6) is -0.808. The fourth-order valence-corrected chi connectivity index (χ4v) is 5.73. The molecule has 1 saturated heterocycles. The van der Waals surface area contributed by atoms with Crippen LogP contribution < -0.4 is 16.4 Å². The van der Waals surface area contributed by atoms with Crippen LogP contribution in [0.3, 0.4) is 0 Å². The summed E-state index contributed by atoms with van der Waals surface area (Å²) in [5, 5.41) is 7.52. The maximum absolute atomic E-state index is 13.7. The Morgan fingerprint density at radius 2 is 1.62 bits per heavy atom. The molecule has 9 heteroatoms. The molecule has 3 aromatic rings. The van der Waals surface area contributed by atoms with Crippen LogP contribution in [0.1, 0.15) is 55.4 Å². The number of hydrogen-bond donors (Lipinski definition) is 3. The van der Waals surface area contributed by atoms with E-state index in [1.807, 2.05) is 30.3 Å². The van der Waals surface area contributed by atoms with E-state index >= 15 is 0 Å². The number of rotatable bonds is 6. The largest absolute Gasteiger partial charge is 0.416 e. The minimum atomic E-state index is -4.42. The number of nitrogens with two attached hydrogens (primary N) is 1. The molecule has 208 valence electrons.